The lowest BCUT2D eigenvalue weighted by Gasteiger charge is -2.17. The zero-order valence-corrected chi connectivity index (χ0v) is 17.8. The van der Waals surface area contributed by atoms with Gasteiger partial charge in [0.05, 0.1) is 11.4 Å². The van der Waals surface area contributed by atoms with Gasteiger partial charge in [0.2, 0.25) is 5.78 Å². The van der Waals surface area contributed by atoms with E-state index >= 15 is 0 Å². The number of amides is 1. The molecule has 3 aromatic rings. The van der Waals surface area contributed by atoms with Crippen LogP contribution in [0.3, 0.4) is 0 Å². The Morgan fingerprint density at radius 1 is 1.23 bits per heavy atom. The van der Waals surface area contributed by atoms with Crippen LogP contribution in [-0.2, 0) is 11.8 Å². The number of nitrogens with zero attached hydrogens (tertiary/aromatic N) is 3. The summed E-state index contributed by atoms with van der Waals surface area (Å²) in [4.78, 5) is 43.3. The highest BCUT2D eigenvalue weighted by atomic mass is 35.5. The maximum Gasteiger partial charge on any atom is 0.438 e. The lowest BCUT2D eigenvalue weighted by Crippen LogP contribution is -2.40. The van der Waals surface area contributed by atoms with Crippen LogP contribution in [0, 0.1) is 0 Å². The van der Waals surface area contributed by atoms with E-state index in [2.05, 4.69) is 14.8 Å². The first-order valence-corrected chi connectivity index (χ1v) is 10.5. The number of amidine groups is 1. The predicted octanol–water partition coefficient (Wildman–Crippen LogP) is 2.81. The SMILES string of the molecule is C[n+]1[nH]oc(=O)c1C(=O)CSC1=N/C(=C/c2cccc(Cl)c2)C(=O)N1c1ccccc1. The molecule has 1 aromatic heterocycles. The van der Waals surface area contributed by atoms with Gasteiger partial charge in [-0.15, -0.1) is 0 Å². The lowest BCUT2D eigenvalue weighted by atomic mass is 10.2. The van der Waals surface area contributed by atoms with E-state index in [0.29, 0.717) is 15.9 Å². The number of nitrogens with one attached hydrogen (secondary N) is 1. The van der Waals surface area contributed by atoms with Crippen molar-refractivity contribution in [3.05, 3.63) is 87.0 Å². The van der Waals surface area contributed by atoms with Gasteiger partial charge in [-0.2, -0.15) is 0 Å². The molecule has 0 spiro atoms. The number of para-hydroxylation sites is 1. The molecule has 2 aromatic carbocycles. The molecule has 10 heteroatoms. The molecule has 1 amide bonds. The summed E-state index contributed by atoms with van der Waals surface area (Å²) in [6.45, 7) is 0. The third kappa shape index (κ3) is 4.37. The Bertz CT molecular complexity index is 1280. The molecule has 0 fully saturated rings. The van der Waals surface area contributed by atoms with Crippen molar-refractivity contribution in [1.29, 1.82) is 0 Å². The second-order valence-corrected chi connectivity index (χ2v) is 7.93. The van der Waals surface area contributed by atoms with Crippen molar-refractivity contribution in [1.82, 2.24) is 5.27 Å². The molecule has 1 aliphatic rings. The molecule has 31 heavy (non-hydrogen) atoms. The van der Waals surface area contributed by atoms with Gasteiger partial charge >= 0.3 is 11.3 Å². The first kappa shape index (κ1) is 20.8. The van der Waals surface area contributed by atoms with Crippen molar-refractivity contribution < 1.29 is 18.8 Å². The second kappa shape index (κ2) is 8.75. The van der Waals surface area contributed by atoms with E-state index in [-0.39, 0.29) is 23.1 Å². The standard InChI is InChI=1S/C21H15ClN4O4S/c1-25-18(20(29)30-24-25)17(27)12-31-21-23-16(11-13-6-5-7-14(22)10-13)19(28)26(21)15-8-3-2-4-9-15/h2-11H,12H2,1H3/p+1/b16-11+. The number of carbonyl (C=O) groups excluding carboxylic acids is 2. The van der Waals surface area contributed by atoms with Crippen molar-refractivity contribution in [2.75, 3.05) is 10.7 Å². The van der Waals surface area contributed by atoms with Crippen LogP contribution in [0.15, 0.2) is 74.6 Å². The maximum atomic E-state index is 13.1. The normalized spacial score (nSPS) is 14.9. The Balaban J connectivity index is 1.65. The van der Waals surface area contributed by atoms with Gasteiger partial charge in [0.15, 0.2) is 12.2 Å². The first-order chi connectivity index (χ1) is 14.9. The molecule has 0 radical (unpaired) electrons. The van der Waals surface area contributed by atoms with Crippen LogP contribution in [0.4, 0.5) is 5.69 Å². The van der Waals surface area contributed by atoms with Gasteiger partial charge in [0.25, 0.3) is 5.91 Å². The molecular weight excluding hydrogens is 440 g/mol. The highest BCUT2D eigenvalue weighted by Gasteiger charge is 2.34. The molecule has 0 saturated heterocycles. The molecular formula is C21H16ClN4O4S+. The van der Waals surface area contributed by atoms with E-state index in [1.807, 2.05) is 12.1 Å². The highest BCUT2D eigenvalue weighted by Crippen LogP contribution is 2.29. The Morgan fingerprint density at radius 3 is 2.68 bits per heavy atom. The van der Waals surface area contributed by atoms with Gasteiger partial charge in [-0.05, 0) is 41.2 Å². The number of aliphatic imine (C=N–C) groups is 1. The van der Waals surface area contributed by atoms with Gasteiger partial charge in [0, 0.05) is 5.02 Å². The number of hydrogen-bond donors (Lipinski definition) is 1. The lowest BCUT2D eigenvalue weighted by molar-refractivity contribution is -0.741. The Hall–Kier alpha value is -3.43. The third-order valence-corrected chi connectivity index (χ3v) is 5.57. The number of aryl methyl sites for hydroxylation is 1. The number of anilines is 1. The summed E-state index contributed by atoms with van der Waals surface area (Å²) in [5, 5.41) is 3.19. The number of H-pyrrole nitrogens is 1. The minimum Gasteiger partial charge on any atom is -0.286 e. The van der Waals surface area contributed by atoms with Gasteiger partial charge in [-0.1, -0.05) is 58.4 Å². The number of aromatic amines is 1. The van der Waals surface area contributed by atoms with Crippen molar-refractivity contribution >= 4 is 52.0 Å². The van der Waals surface area contributed by atoms with Crippen LogP contribution in [0.25, 0.3) is 6.08 Å². The molecule has 8 nitrogen and oxygen atoms in total. The van der Waals surface area contributed by atoms with E-state index < -0.39 is 11.4 Å². The van der Waals surface area contributed by atoms with E-state index in [9.17, 15) is 14.4 Å². The maximum absolute atomic E-state index is 13.1. The van der Waals surface area contributed by atoms with Crippen LogP contribution in [-0.4, -0.2) is 27.9 Å². The van der Waals surface area contributed by atoms with Crippen molar-refractivity contribution in [3.63, 3.8) is 0 Å². The average molecular weight is 456 g/mol. The molecule has 0 aliphatic carbocycles. The van der Waals surface area contributed by atoms with Gasteiger partial charge < -0.3 is 0 Å². The third-order valence-electron chi connectivity index (χ3n) is 4.40. The molecule has 0 saturated carbocycles. The summed E-state index contributed by atoms with van der Waals surface area (Å²) in [5.74, 6) is -0.873. The number of thioether (sulfide) groups is 1. The molecule has 156 valence electrons. The molecule has 1 N–H and O–H groups in total. The van der Waals surface area contributed by atoms with E-state index in [1.54, 1.807) is 48.5 Å². The Morgan fingerprint density at radius 2 is 2.00 bits per heavy atom. The van der Waals surface area contributed by atoms with E-state index in [0.717, 1.165) is 17.3 Å². The largest absolute Gasteiger partial charge is 0.438 e. The molecule has 0 bridgehead atoms. The smallest absolute Gasteiger partial charge is 0.286 e. The predicted molar refractivity (Wildman–Crippen MR) is 118 cm³/mol. The first-order valence-electron chi connectivity index (χ1n) is 9.13. The van der Waals surface area contributed by atoms with Crippen LogP contribution in [0.1, 0.15) is 16.1 Å². The molecule has 2 heterocycles. The van der Waals surface area contributed by atoms with Crippen molar-refractivity contribution in [2.45, 2.75) is 0 Å². The number of hydrogen-bond acceptors (Lipinski definition) is 6. The second-order valence-electron chi connectivity index (χ2n) is 6.56. The Kier molecular flexibility index (Phi) is 5.88. The summed E-state index contributed by atoms with van der Waals surface area (Å²) in [6.07, 6.45) is 1.64. The van der Waals surface area contributed by atoms with Crippen LogP contribution < -0.4 is 15.2 Å². The van der Waals surface area contributed by atoms with E-state index in [4.69, 9.17) is 11.6 Å². The summed E-state index contributed by atoms with van der Waals surface area (Å²) < 4.78 is 5.84. The number of Topliss-reactive ketones (excluding diaryl/α,β-unsaturated/α-hetero) is 1. The number of rotatable bonds is 5. The fourth-order valence-electron chi connectivity index (χ4n) is 2.99. The molecule has 0 unspecified atom stereocenters. The fraction of sp³-hybridized carbons (Fsp3) is 0.0952. The Labute approximate surface area is 185 Å². The number of aromatic nitrogens is 2. The summed E-state index contributed by atoms with van der Waals surface area (Å²) in [7, 11) is 1.50. The van der Waals surface area contributed by atoms with Gasteiger partial charge in [-0.25, -0.2) is 9.79 Å². The molecule has 0 atom stereocenters. The zero-order chi connectivity index (χ0) is 22.0. The average Bonchev–Trinajstić information content (AvgIpc) is 3.25. The summed E-state index contributed by atoms with van der Waals surface area (Å²) >= 11 is 7.10. The zero-order valence-electron chi connectivity index (χ0n) is 16.2. The monoisotopic (exact) mass is 455 g/mol. The quantitative estimate of drug-likeness (QED) is 0.362. The number of ketones is 1. The summed E-state index contributed by atoms with van der Waals surface area (Å²) in [5.41, 5.74) is 0.699. The minimum absolute atomic E-state index is 0.101. The van der Waals surface area contributed by atoms with Crippen LogP contribution in [0.5, 0.6) is 0 Å². The topological polar surface area (TPSA) is 99.6 Å². The van der Waals surface area contributed by atoms with Crippen molar-refractivity contribution in [2.24, 2.45) is 12.0 Å². The number of carbonyl (C=O) groups is 2. The minimum atomic E-state index is -0.751. The van der Waals surface area contributed by atoms with Crippen LogP contribution in [0.2, 0.25) is 5.02 Å². The fourth-order valence-corrected chi connectivity index (χ4v) is 4.07. The van der Waals surface area contributed by atoms with Crippen LogP contribution >= 0.6 is 23.4 Å². The van der Waals surface area contributed by atoms with E-state index in [1.165, 1.54) is 16.6 Å². The number of benzene rings is 2. The van der Waals surface area contributed by atoms with Gasteiger partial charge in [-0.3, -0.25) is 19.0 Å². The van der Waals surface area contributed by atoms with Crippen molar-refractivity contribution in [3.8, 4) is 0 Å². The number of halogens is 1. The summed E-state index contributed by atoms with van der Waals surface area (Å²) in [6, 6.07) is 16.1. The highest BCUT2D eigenvalue weighted by molar-refractivity contribution is 8.14. The van der Waals surface area contributed by atoms with Gasteiger partial charge in [0.1, 0.15) is 5.70 Å². The molecule has 1 aliphatic heterocycles. The molecule has 4 rings (SSSR count).